The van der Waals surface area contributed by atoms with Crippen molar-refractivity contribution in [3.63, 3.8) is 0 Å². The lowest BCUT2D eigenvalue weighted by molar-refractivity contribution is 0.590. The molecule has 14 rings (SSSR count). The number of nitrogens with zero attached hydrogens (tertiary/aromatic N) is 1. The van der Waals surface area contributed by atoms with Crippen LogP contribution in [0.25, 0.3) is 111 Å². The van der Waals surface area contributed by atoms with Gasteiger partial charge in [0.1, 0.15) is 11.2 Å². The van der Waals surface area contributed by atoms with E-state index in [9.17, 15) is 0 Å². The summed E-state index contributed by atoms with van der Waals surface area (Å²) in [4.78, 5) is 2.40. The van der Waals surface area contributed by atoms with Gasteiger partial charge in [-0.3, -0.25) is 0 Å². The maximum Gasteiger partial charge on any atom is 0.135 e. The fourth-order valence-electron chi connectivity index (χ4n) is 12.1. The molecule has 0 unspecified atom stereocenters. The Bertz CT molecular complexity index is 4840. The predicted molar refractivity (Wildman–Crippen MR) is 370 cm³/mol. The lowest BCUT2D eigenvalue weighted by Crippen LogP contribution is -2.16. The van der Waals surface area contributed by atoms with E-state index in [1.54, 1.807) is 0 Å². The third kappa shape index (κ3) is 11.2. The molecule has 0 radical (unpaired) electrons. The molecule has 418 valence electrons. The highest BCUT2D eigenvalue weighted by atomic mass is 35.5. The molecule has 0 amide bonds. The van der Waals surface area contributed by atoms with E-state index in [0.717, 1.165) is 139 Å². The van der Waals surface area contributed by atoms with Gasteiger partial charge < -0.3 is 14.6 Å². The molecular formula is C82H60Cl2N2O. The molecule has 3 nitrogen and oxygen atoms in total. The molecule has 0 aliphatic heterocycles. The first-order chi connectivity index (χ1) is 42.5. The van der Waals surface area contributed by atoms with Crippen LogP contribution < -0.4 is 10.2 Å². The summed E-state index contributed by atoms with van der Waals surface area (Å²) in [6.07, 6.45) is 0. The minimum atomic E-state index is -0.0913. The van der Waals surface area contributed by atoms with Crippen molar-refractivity contribution >= 4 is 73.6 Å². The summed E-state index contributed by atoms with van der Waals surface area (Å²) in [5.41, 5.74) is 25.3. The third-order valence-corrected chi connectivity index (χ3v) is 16.9. The predicted octanol–water partition coefficient (Wildman–Crippen LogP) is 24.7. The van der Waals surface area contributed by atoms with Crippen molar-refractivity contribution in [2.45, 2.75) is 26.2 Å². The van der Waals surface area contributed by atoms with E-state index >= 15 is 0 Å². The van der Waals surface area contributed by atoms with Crippen LogP contribution in [0.5, 0.6) is 0 Å². The van der Waals surface area contributed by atoms with E-state index in [0.29, 0.717) is 10.0 Å². The summed E-state index contributed by atoms with van der Waals surface area (Å²) >= 11 is 13.6. The Morgan fingerprint density at radius 2 is 0.713 bits per heavy atom. The van der Waals surface area contributed by atoms with Gasteiger partial charge in [0.25, 0.3) is 0 Å². The van der Waals surface area contributed by atoms with Gasteiger partial charge in [0.05, 0.1) is 11.4 Å². The highest BCUT2D eigenvalue weighted by Crippen LogP contribution is 2.51. The van der Waals surface area contributed by atoms with Crippen molar-refractivity contribution < 1.29 is 4.42 Å². The van der Waals surface area contributed by atoms with Crippen LogP contribution in [0.4, 0.5) is 28.4 Å². The maximum atomic E-state index is 6.95. The summed E-state index contributed by atoms with van der Waals surface area (Å²) < 4.78 is 6.65. The molecule has 87 heavy (non-hydrogen) atoms. The SMILES string of the molecule is CC(C)(C)c1cccc(N(c2cccc(Cl)c2)c2c(-c3ccccc3)cc(-c3ccccc3)cc2-c2cccc(-c3ccc4oc5ccc(-c6cccc(-c7cc(-c8ccccc8)cc(-c8ccccc8)c7Nc7cccc(Cl)c7)c6)cc5c4c3)c2)c1. The molecule has 5 heteroatoms. The molecule has 0 aliphatic carbocycles. The van der Waals surface area contributed by atoms with Crippen LogP contribution >= 0.6 is 23.2 Å². The topological polar surface area (TPSA) is 28.4 Å². The van der Waals surface area contributed by atoms with Crippen molar-refractivity contribution in [3.8, 4) is 89.0 Å². The van der Waals surface area contributed by atoms with Crippen LogP contribution in [0.15, 0.2) is 308 Å². The Morgan fingerprint density at radius 3 is 1.24 bits per heavy atom. The monoisotopic (exact) mass is 1160 g/mol. The van der Waals surface area contributed by atoms with Crippen LogP contribution in [-0.2, 0) is 5.41 Å². The average molecular weight is 1160 g/mol. The van der Waals surface area contributed by atoms with E-state index in [1.807, 2.05) is 30.3 Å². The molecular weight excluding hydrogens is 1100 g/mol. The van der Waals surface area contributed by atoms with Crippen LogP contribution in [0.2, 0.25) is 10.0 Å². The Kier molecular flexibility index (Phi) is 14.7. The first kappa shape index (κ1) is 54.8. The number of halogens is 2. The van der Waals surface area contributed by atoms with Crippen LogP contribution in [0, 0.1) is 0 Å². The van der Waals surface area contributed by atoms with Crippen LogP contribution in [0.1, 0.15) is 26.3 Å². The van der Waals surface area contributed by atoms with Crippen molar-refractivity contribution in [1.29, 1.82) is 0 Å². The van der Waals surface area contributed by atoms with Gasteiger partial charge in [-0.25, -0.2) is 0 Å². The van der Waals surface area contributed by atoms with E-state index in [1.165, 1.54) is 5.56 Å². The van der Waals surface area contributed by atoms with Crippen molar-refractivity contribution in [1.82, 2.24) is 0 Å². The third-order valence-electron chi connectivity index (χ3n) is 16.5. The summed E-state index contributed by atoms with van der Waals surface area (Å²) in [5.74, 6) is 0. The van der Waals surface area contributed by atoms with Gasteiger partial charge >= 0.3 is 0 Å². The number of hydrogen-bond acceptors (Lipinski definition) is 3. The molecule has 0 fully saturated rings. The molecule has 1 N–H and O–H groups in total. The first-order valence-corrected chi connectivity index (χ1v) is 30.2. The number of anilines is 5. The van der Waals surface area contributed by atoms with E-state index in [4.69, 9.17) is 27.6 Å². The molecule has 1 aromatic heterocycles. The van der Waals surface area contributed by atoms with Gasteiger partial charge in [0.2, 0.25) is 0 Å². The molecule has 0 saturated carbocycles. The molecule has 1 heterocycles. The Hall–Kier alpha value is -10.2. The lowest BCUT2D eigenvalue weighted by Gasteiger charge is -2.32. The molecule has 0 saturated heterocycles. The zero-order valence-electron chi connectivity index (χ0n) is 48.5. The van der Waals surface area contributed by atoms with Crippen LogP contribution in [-0.4, -0.2) is 0 Å². The lowest BCUT2D eigenvalue weighted by atomic mass is 9.86. The Labute approximate surface area is 519 Å². The summed E-state index contributed by atoms with van der Waals surface area (Å²) in [5, 5.41) is 7.26. The summed E-state index contributed by atoms with van der Waals surface area (Å²) in [6, 6.07) is 108. The zero-order chi connectivity index (χ0) is 59.0. The highest BCUT2D eigenvalue weighted by Gasteiger charge is 2.26. The summed E-state index contributed by atoms with van der Waals surface area (Å²) in [7, 11) is 0. The number of benzene rings is 13. The maximum absolute atomic E-state index is 6.95. The zero-order valence-corrected chi connectivity index (χ0v) is 50.0. The molecule has 0 spiro atoms. The smallest absolute Gasteiger partial charge is 0.135 e. The number of fused-ring (bicyclic) bond motifs is 3. The van der Waals surface area contributed by atoms with E-state index in [-0.39, 0.29) is 5.41 Å². The Morgan fingerprint density at radius 1 is 0.310 bits per heavy atom. The molecule has 13 aromatic carbocycles. The minimum absolute atomic E-state index is 0.0913. The Balaban J connectivity index is 0.908. The molecule has 0 atom stereocenters. The number of hydrogen-bond donors (Lipinski definition) is 1. The average Bonchev–Trinajstić information content (AvgIpc) is 3.29. The van der Waals surface area contributed by atoms with Crippen LogP contribution in [0.3, 0.4) is 0 Å². The summed E-state index contributed by atoms with van der Waals surface area (Å²) in [6.45, 7) is 6.81. The van der Waals surface area contributed by atoms with Gasteiger partial charge in [-0.15, -0.1) is 0 Å². The number of rotatable bonds is 13. The first-order valence-electron chi connectivity index (χ1n) is 29.5. The van der Waals surface area contributed by atoms with E-state index in [2.05, 4.69) is 304 Å². The number of nitrogens with one attached hydrogen (secondary N) is 1. The fourth-order valence-corrected chi connectivity index (χ4v) is 12.5. The van der Waals surface area contributed by atoms with Gasteiger partial charge in [0.15, 0.2) is 0 Å². The van der Waals surface area contributed by atoms with Gasteiger partial charge in [-0.2, -0.15) is 0 Å². The van der Waals surface area contributed by atoms with E-state index < -0.39 is 0 Å². The van der Waals surface area contributed by atoms with Gasteiger partial charge in [-0.1, -0.05) is 238 Å². The second-order valence-electron chi connectivity index (χ2n) is 23.3. The van der Waals surface area contributed by atoms with Crippen molar-refractivity contribution in [2.24, 2.45) is 0 Å². The second kappa shape index (κ2) is 23.4. The molecule has 0 aliphatic rings. The molecule has 14 aromatic rings. The van der Waals surface area contributed by atoms with Gasteiger partial charge in [-0.05, 0) is 187 Å². The quantitative estimate of drug-likeness (QED) is 0.125. The second-order valence-corrected chi connectivity index (χ2v) is 24.1. The molecule has 0 bridgehead atoms. The normalized spacial score (nSPS) is 11.5. The van der Waals surface area contributed by atoms with Gasteiger partial charge in [0, 0.05) is 60.1 Å². The highest BCUT2D eigenvalue weighted by molar-refractivity contribution is 6.31. The minimum Gasteiger partial charge on any atom is -0.456 e. The fraction of sp³-hybridized carbons (Fsp3) is 0.0488. The largest absolute Gasteiger partial charge is 0.456 e. The van der Waals surface area contributed by atoms with Crippen molar-refractivity contribution in [2.75, 3.05) is 10.2 Å². The van der Waals surface area contributed by atoms with Crippen molar-refractivity contribution in [3.05, 3.63) is 319 Å². The standard InChI is InChI=1S/C82H60Cl2N2O/c1-82(2,3)66-33-18-37-70(51-66)86(71-38-20-35-68(84)53-71)81-74(57-27-14-7-15-28-57)49-65(55-23-10-5-11-24-55)50-75(81)63-32-17-30-59(44-63)61-40-42-79-77(46-61)76-45-60(39-41-78(76)87-79)58-29-16-31-62(43-58)73-48-64(54-21-8-4-9-22-54)47-72(56-25-12-6-13-26-56)80(73)85-69-36-19-34-67(83)52-69/h4-53,85H,1-3H3. The number of furan rings is 1.